The standard InChI is InChI=1S/C15H13NO5/c1-10(8-15(17)18)9-21-14-7-6-13(16(19)20)11-4-2-3-5-12(11)14/h2-8H,9H2,1H3,(H,17,18). The Kier molecular flexibility index (Phi) is 4.18. The average Bonchev–Trinajstić information content (AvgIpc) is 2.43. The zero-order valence-electron chi connectivity index (χ0n) is 11.3. The molecule has 0 spiro atoms. The van der Waals surface area contributed by atoms with Gasteiger partial charge in [-0.2, -0.15) is 0 Å². The molecule has 2 aromatic rings. The highest BCUT2D eigenvalue weighted by Gasteiger charge is 2.14. The van der Waals surface area contributed by atoms with Gasteiger partial charge in [0.15, 0.2) is 0 Å². The molecule has 0 amide bonds. The van der Waals surface area contributed by atoms with Gasteiger partial charge in [-0.3, -0.25) is 10.1 Å². The summed E-state index contributed by atoms with van der Waals surface area (Å²) in [5.41, 5.74) is 0.556. The lowest BCUT2D eigenvalue weighted by molar-refractivity contribution is -0.383. The van der Waals surface area contributed by atoms with Crippen molar-refractivity contribution in [2.24, 2.45) is 0 Å². The third kappa shape index (κ3) is 3.36. The summed E-state index contributed by atoms with van der Waals surface area (Å²) in [6.45, 7) is 1.75. The van der Waals surface area contributed by atoms with Gasteiger partial charge in [-0.05, 0) is 24.6 Å². The van der Waals surface area contributed by atoms with Crippen molar-refractivity contribution in [3.05, 3.63) is 58.2 Å². The molecule has 0 saturated heterocycles. The van der Waals surface area contributed by atoms with Crippen LogP contribution in [0.25, 0.3) is 10.8 Å². The Morgan fingerprint density at radius 3 is 2.57 bits per heavy atom. The van der Waals surface area contributed by atoms with E-state index in [0.29, 0.717) is 22.1 Å². The lowest BCUT2D eigenvalue weighted by Crippen LogP contribution is -2.02. The van der Waals surface area contributed by atoms with Crippen LogP contribution in [0.3, 0.4) is 0 Å². The fraction of sp³-hybridized carbons (Fsp3) is 0.133. The Labute approximate surface area is 120 Å². The summed E-state index contributed by atoms with van der Waals surface area (Å²) in [5, 5.41) is 20.8. The SMILES string of the molecule is CC(=CC(=O)O)COc1ccc([N+](=O)[O-])c2ccccc12. The molecule has 0 aliphatic heterocycles. The highest BCUT2D eigenvalue weighted by molar-refractivity contribution is 5.95. The Morgan fingerprint density at radius 1 is 1.29 bits per heavy atom. The molecular weight excluding hydrogens is 274 g/mol. The molecule has 1 N–H and O–H groups in total. The quantitative estimate of drug-likeness (QED) is 0.518. The van der Waals surface area contributed by atoms with E-state index in [0.717, 1.165) is 6.08 Å². The molecule has 0 aliphatic rings. The Bertz CT molecular complexity index is 736. The summed E-state index contributed by atoms with van der Waals surface area (Å²) in [4.78, 5) is 21.1. The number of carbonyl (C=O) groups is 1. The van der Waals surface area contributed by atoms with Crippen molar-refractivity contribution in [2.45, 2.75) is 6.92 Å². The van der Waals surface area contributed by atoms with E-state index >= 15 is 0 Å². The Morgan fingerprint density at radius 2 is 1.95 bits per heavy atom. The first-order valence-electron chi connectivity index (χ1n) is 6.18. The molecule has 0 heterocycles. The second-order valence-electron chi connectivity index (χ2n) is 4.50. The number of ether oxygens (including phenoxy) is 1. The van der Waals surface area contributed by atoms with Gasteiger partial charge in [0.2, 0.25) is 0 Å². The number of fused-ring (bicyclic) bond motifs is 1. The molecule has 2 rings (SSSR count). The molecule has 2 aromatic carbocycles. The van der Waals surface area contributed by atoms with E-state index in [1.807, 2.05) is 0 Å². The largest absolute Gasteiger partial charge is 0.489 e. The predicted molar refractivity (Wildman–Crippen MR) is 77.5 cm³/mol. The Balaban J connectivity index is 2.36. The van der Waals surface area contributed by atoms with Crippen LogP contribution in [0.15, 0.2) is 48.0 Å². The number of hydrogen-bond donors (Lipinski definition) is 1. The van der Waals surface area contributed by atoms with Crippen LogP contribution in [0.1, 0.15) is 6.92 Å². The Hall–Kier alpha value is -2.89. The monoisotopic (exact) mass is 287 g/mol. The molecule has 0 fully saturated rings. The summed E-state index contributed by atoms with van der Waals surface area (Å²) in [6.07, 6.45) is 1.06. The second-order valence-corrected chi connectivity index (χ2v) is 4.50. The fourth-order valence-corrected chi connectivity index (χ4v) is 1.98. The van der Waals surface area contributed by atoms with Gasteiger partial charge in [-0.15, -0.1) is 0 Å². The number of aliphatic carboxylic acids is 1. The molecule has 6 heteroatoms. The lowest BCUT2D eigenvalue weighted by atomic mass is 10.1. The normalized spacial score (nSPS) is 11.4. The van der Waals surface area contributed by atoms with Gasteiger partial charge < -0.3 is 9.84 Å². The summed E-state index contributed by atoms with van der Waals surface area (Å²) >= 11 is 0. The fourth-order valence-electron chi connectivity index (χ4n) is 1.98. The van der Waals surface area contributed by atoms with Crippen LogP contribution in [-0.4, -0.2) is 22.6 Å². The average molecular weight is 287 g/mol. The van der Waals surface area contributed by atoms with Crippen LogP contribution in [0, 0.1) is 10.1 Å². The van der Waals surface area contributed by atoms with Gasteiger partial charge in [0, 0.05) is 17.5 Å². The van der Waals surface area contributed by atoms with E-state index in [1.165, 1.54) is 12.1 Å². The number of rotatable bonds is 5. The molecule has 0 atom stereocenters. The number of nitro benzene ring substituents is 1. The number of non-ortho nitro benzene ring substituents is 1. The number of benzene rings is 2. The molecule has 6 nitrogen and oxygen atoms in total. The molecule has 0 aliphatic carbocycles. The number of carboxylic acid groups (broad SMARTS) is 1. The van der Waals surface area contributed by atoms with E-state index in [-0.39, 0.29) is 12.3 Å². The zero-order chi connectivity index (χ0) is 15.4. The third-order valence-corrected chi connectivity index (χ3v) is 2.88. The minimum atomic E-state index is -1.04. The molecule has 0 unspecified atom stereocenters. The molecule has 108 valence electrons. The first-order valence-corrected chi connectivity index (χ1v) is 6.18. The third-order valence-electron chi connectivity index (χ3n) is 2.88. The number of hydrogen-bond acceptors (Lipinski definition) is 4. The van der Waals surface area contributed by atoms with Crippen LogP contribution >= 0.6 is 0 Å². The smallest absolute Gasteiger partial charge is 0.328 e. The number of nitro groups is 1. The van der Waals surface area contributed by atoms with Crippen LogP contribution in [-0.2, 0) is 4.79 Å². The molecule has 0 bridgehead atoms. The van der Waals surface area contributed by atoms with E-state index in [9.17, 15) is 14.9 Å². The van der Waals surface area contributed by atoms with Crippen molar-refractivity contribution in [3.8, 4) is 5.75 Å². The van der Waals surface area contributed by atoms with Crippen molar-refractivity contribution in [1.29, 1.82) is 0 Å². The summed E-state index contributed by atoms with van der Waals surface area (Å²) in [5.74, 6) is -0.556. The number of nitrogens with zero attached hydrogens (tertiary/aromatic N) is 1. The predicted octanol–water partition coefficient (Wildman–Crippen LogP) is 3.16. The van der Waals surface area contributed by atoms with Gasteiger partial charge in [0.25, 0.3) is 5.69 Å². The summed E-state index contributed by atoms with van der Waals surface area (Å²) < 4.78 is 5.56. The minimum absolute atomic E-state index is 0.00995. The van der Waals surface area contributed by atoms with Crippen LogP contribution < -0.4 is 4.74 Å². The van der Waals surface area contributed by atoms with Crippen LogP contribution in [0.4, 0.5) is 5.69 Å². The maximum atomic E-state index is 11.0. The molecule has 0 aromatic heterocycles. The second kappa shape index (κ2) is 6.04. The van der Waals surface area contributed by atoms with Gasteiger partial charge in [-0.25, -0.2) is 4.79 Å². The molecular formula is C15H13NO5. The minimum Gasteiger partial charge on any atom is -0.489 e. The van der Waals surface area contributed by atoms with Gasteiger partial charge >= 0.3 is 5.97 Å². The van der Waals surface area contributed by atoms with Crippen LogP contribution in [0.2, 0.25) is 0 Å². The van der Waals surface area contributed by atoms with E-state index in [2.05, 4.69) is 0 Å². The van der Waals surface area contributed by atoms with Crippen LogP contribution in [0.5, 0.6) is 5.75 Å². The van der Waals surface area contributed by atoms with E-state index < -0.39 is 10.9 Å². The topological polar surface area (TPSA) is 89.7 Å². The van der Waals surface area contributed by atoms with Gasteiger partial charge in [-0.1, -0.05) is 18.2 Å². The van der Waals surface area contributed by atoms with E-state index in [1.54, 1.807) is 31.2 Å². The maximum Gasteiger partial charge on any atom is 0.328 e. The summed E-state index contributed by atoms with van der Waals surface area (Å²) in [7, 11) is 0. The molecule has 21 heavy (non-hydrogen) atoms. The molecule has 0 saturated carbocycles. The zero-order valence-corrected chi connectivity index (χ0v) is 11.3. The van der Waals surface area contributed by atoms with Gasteiger partial charge in [0.1, 0.15) is 12.4 Å². The van der Waals surface area contributed by atoms with E-state index in [4.69, 9.17) is 9.84 Å². The highest BCUT2D eigenvalue weighted by atomic mass is 16.6. The van der Waals surface area contributed by atoms with Crippen molar-refractivity contribution in [3.63, 3.8) is 0 Å². The van der Waals surface area contributed by atoms with Crippen molar-refractivity contribution < 1.29 is 19.6 Å². The van der Waals surface area contributed by atoms with Crippen molar-refractivity contribution >= 4 is 22.4 Å². The van der Waals surface area contributed by atoms with Crippen molar-refractivity contribution in [2.75, 3.05) is 6.61 Å². The van der Waals surface area contributed by atoms with Crippen molar-refractivity contribution in [1.82, 2.24) is 0 Å². The maximum absolute atomic E-state index is 11.0. The van der Waals surface area contributed by atoms with Gasteiger partial charge in [0.05, 0.1) is 10.3 Å². The molecule has 0 radical (unpaired) electrons. The number of carboxylic acids is 1. The first-order chi connectivity index (χ1) is 9.99. The lowest BCUT2D eigenvalue weighted by Gasteiger charge is -2.09. The first kappa shape index (κ1) is 14.5. The highest BCUT2D eigenvalue weighted by Crippen LogP contribution is 2.32. The summed E-state index contributed by atoms with van der Waals surface area (Å²) in [6, 6.07) is 9.77.